The third-order valence-electron chi connectivity index (χ3n) is 3.32. The molecule has 2 aromatic rings. The fraction of sp³-hybridized carbons (Fsp3) is 0.235. The number of benzene rings is 2. The Kier molecular flexibility index (Phi) is 4.68. The molecule has 0 aliphatic heterocycles. The highest BCUT2D eigenvalue weighted by Gasteiger charge is 2.07. The minimum atomic E-state index is 0.610. The van der Waals surface area contributed by atoms with Crippen LogP contribution in [-0.4, -0.2) is 14.2 Å². The average Bonchev–Trinajstić information content (AvgIpc) is 2.52. The molecule has 21 heavy (non-hydrogen) atoms. The molecule has 0 aliphatic carbocycles. The Morgan fingerprint density at radius 3 is 2.52 bits per heavy atom. The van der Waals surface area contributed by atoms with Gasteiger partial charge in [0, 0.05) is 6.54 Å². The van der Waals surface area contributed by atoms with Crippen molar-refractivity contribution >= 4 is 5.69 Å². The highest BCUT2D eigenvalue weighted by molar-refractivity contribution is 5.60. The average molecular weight is 282 g/mol. The van der Waals surface area contributed by atoms with Crippen LogP contribution in [-0.2, 0) is 6.54 Å². The lowest BCUT2D eigenvalue weighted by molar-refractivity contribution is 0.354. The smallest absolute Gasteiger partial charge is 0.161 e. The SMILES string of the molecule is COc1ccc(CNc2cccc(C)c2C#N)cc1OC. The Labute approximate surface area is 124 Å². The molecule has 0 amide bonds. The molecule has 0 heterocycles. The van der Waals surface area contributed by atoms with Gasteiger partial charge in [0.25, 0.3) is 0 Å². The van der Waals surface area contributed by atoms with Crippen LogP contribution in [0, 0.1) is 18.3 Å². The standard InChI is InChI=1S/C17H18N2O2/c1-12-5-4-6-15(14(12)10-18)19-11-13-7-8-16(20-2)17(9-13)21-3/h4-9,19H,11H2,1-3H3. The first kappa shape index (κ1) is 14.7. The van der Waals surface area contributed by atoms with Crippen molar-refractivity contribution in [3.63, 3.8) is 0 Å². The summed E-state index contributed by atoms with van der Waals surface area (Å²) in [5.41, 5.74) is 3.54. The Balaban J connectivity index is 2.17. The normalized spacial score (nSPS) is 9.81. The monoisotopic (exact) mass is 282 g/mol. The first-order valence-corrected chi connectivity index (χ1v) is 6.64. The maximum Gasteiger partial charge on any atom is 0.161 e. The molecule has 0 saturated heterocycles. The molecule has 0 aliphatic rings. The molecule has 0 aromatic heterocycles. The maximum absolute atomic E-state index is 9.22. The van der Waals surface area contributed by atoms with Crippen LogP contribution in [0.15, 0.2) is 36.4 Å². The topological polar surface area (TPSA) is 54.3 Å². The first-order valence-electron chi connectivity index (χ1n) is 6.64. The van der Waals surface area contributed by atoms with Crippen molar-refractivity contribution in [2.45, 2.75) is 13.5 Å². The van der Waals surface area contributed by atoms with Crippen molar-refractivity contribution in [2.24, 2.45) is 0 Å². The fourth-order valence-electron chi connectivity index (χ4n) is 2.15. The van der Waals surface area contributed by atoms with Gasteiger partial charge >= 0.3 is 0 Å². The highest BCUT2D eigenvalue weighted by atomic mass is 16.5. The van der Waals surface area contributed by atoms with Crippen molar-refractivity contribution in [2.75, 3.05) is 19.5 Å². The van der Waals surface area contributed by atoms with Gasteiger partial charge in [-0.05, 0) is 36.2 Å². The predicted octanol–water partition coefficient (Wildman–Crippen LogP) is 3.50. The lowest BCUT2D eigenvalue weighted by Gasteiger charge is -2.12. The molecule has 0 saturated carbocycles. The molecule has 4 nitrogen and oxygen atoms in total. The number of hydrogen-bond acceptors (Lipinski definition) is 4. The minimum absolute atomic E-state index is 0.610. The lowest BCUT2D eigenvalue weighted by Crippen LogP contribution is -2.03. The number of hydrogen-bond donors (Lipinski definition) is 1. The van der Waals surface area contributed by atoms with Crippen LogP contribution in [0.25, 0.3) is 0 Å². The zero-order valence-electron chi connectivity index (χ0n) is 12.4. The molecule has 0 bridgehead atoms. The quantitative estimate of drug-likeness (QED) is 0.912. The van der Waals surface area contributed by atoms with Crippen LogP contribution >= 0.6 is 0 Å². The molecule has 2 rings (SSSR count). The molecule has 108 valence electrons. The third kappa shape index (κ3) is 3.26. The maximum atomic E-state index is 9.22. The van der Waals surface area contributed by atoms with Crippen LogP contribution in [0.2, 0.25) is 0 Å². The van der Waals surface area contributed by atoms with Crippen molar-refractivity contribution < 1.29 is 9.47 Å². The van der Waals surface area contributed by atoms with Crippen molar-refractivity contribution in [3.05, 3.63) is 53.1 Å². The summed E-state index contributed by atoms with van der Waals surface area (Å²) < 4.78 is 10.5. The van der Waals surface area contributed by atoms with Gasteiger partial charge in [0.15, 0.2) is 11.5 Å². The Bertz CT molecular complexity index is 675. The summed E-state index contributed by atoms with van der Waals surface area (Å²) in [7, 11) is 3.23. The summed E-state index contributed by atoms with van der Waals surface area (Å²) in [6, 6.07) is 13.8. The molecular weight excluding hydrogens is 264 g/mol. The van der Waals surface area contributed by atoms with E-state index >= 15 is 0 Å². The summed E-state index contributed by atoms with van der Waals surface area (Å²) in [6.45, 7) is 2.54. The Morgan fingerprint density at radius 1 is 1.10 bits per heavy atom. The summed E-state index contributed by atoms with van der Waals surface area (Å²) in [6.07, 6.45) is 0. The molecule has 4 heteroatoms. The third-order valence-corrected chi connectivity index (χ3v) is 3.32. The highest BCUT2D eigenvalue weighted by Crippen LogP contribution is 2.28. The first-order chi connectivity index (χ1) is 10.2. The zero-order valence-corrected chi connectivity index (χ0v) is 12.4. The number of ether oxygens (including phenoxy) is 2. The van der Waals surface area contributed by atoms with Crippen molar-refractivity contribution in [1.29, 1.82) is 5.26 Å². The lowest BCUT2D eigenvalue weighted by atomic mass is 10.1. The van der Waals surface area contributed by atoms with Gasteiger partial charge in [-0.15, -0.1) is 0 Å². The minimum Gasteiger partial charge on any atom is -0.493 e. The van der Waals surface area contributed by atoms with E-state index in [1.807, 2.05) is 43.3 Å². The van der Waals surface area contributed by atoms with E-state index in [-0.39, 0.29) is 0 Å². The van der Waals surface area contributed by atoms with Gasteiger partial charge in [-0.25, -0.2) is 0 Å². The molecule has 0 unspecified atom stereocenters. The van der Waals surface area contributed by atoms with E-state index in [0.717, 1.165) is 16.8 Å². The second kappa shape index (κ2) is 6.67. The van der Waals surface area contributed by atoms with Gasteiger partial charge in [0.1, 0.15) is 6.07 Å². The van der Waals surface area contributed by atoms with E-state index in [9.17, 15) is 5.26 Å². The van der Waals surface area contributed by atoms with E-state index in [1.165, 1.54) is 0 Å². The number of methoxy groups -OCH3 is 2. The zero-order chi connectivity index (χ0) is 15.2. The van der Waals surface area contributed by atoms with E-state index < -0.39 is 0 Å². The number of aryl methyl sites for hydroxylation is 1. The largest absolute Gasteiger partial charge is 0.493 e. The summed E-state index contributed by atoms with van der Waals surface area (Å²) >= 11 is 0. The van der Waals surface area contributed by atoms with E-state index in [1.54, 1.807) is 14.2 Å². The molecule has 2 aromatic carbocycles. The van der Waals surface area contributed by atoms with Crippen LogP contribution < -0.4 is 14.8 Å². The second-order valence-electron chi connectivity index (χ2n) is 4.65. The predicted molar refractivity (Wildman–Crippen MR) is 82.8 cm³/mol. The van der Waals surface area contributed by atoms with Crippen LogP contribution in [0.5, 0.6) is 11.5 Å². The van der Waals surface area contributed by atoms with Crippen LogP contribution in [0.3, 0.4) is 0 Å². The van der Waals surface area contributed by atoms with Crippen LogP contribution in [0.4, 0.5) is 5.69 Å². The molecule has 0 fully saturated rings. The van der Waals surface area contributed by atoms with Gasteiger partial charge in [-0.1, -0.05) is 18.2 Å². The number of nitrogens with zero attached hydrogens (tertiary/aromatic N) is 1. The summed E-state index contributed by atoms with van der Waals surface area (Å²) in [4.78, 5) is 0. The van der Waals surface area contributed by atoms with E-state index in [0.29, 0.717) is 23.6 Å². The second-order valence-corrected chi connectivity index (χ2v) is 4.65. The number of anilines is 1. The van der Waals surface area contributed by atoms with Crippen LogP contribution in [0.1, 0.15) is 16.7 Å². The van der Waals surface area contributed by atoms with Crippen molar-refractivity contribution in [1.82, 2.24) is 0 Å². The van der Waals surface area contributed by atoms with Gasteiger partial charge in [-0.2, -0.15) is 5.26 Å². The molecule has 0 radical (unpaired) electrons. The Morgan fingerprint density at radius 2 is 1.86 bits per heavy atom. The van der Waals surface area contributed by atoms with E-state index in [4.69, 9.17) is 9.47 Å². The molecule has 1 N–H and O–H groups in total. The number of nitriles is 1. The Hall–Kier alpha value is -2.67. The molecular formula is C17H18N2O2. The summed E-state index contributed by atoms with van der Waals surface area (Å²) in [5, 5.41) is 12.5. The molecule has 0 atom stereocenters. The molecule has 0 spiro atoms. The van der Waals surface area contributed by atoms with Gasteiger partial charge in [0.05, 0.1) is 25.5 Å². The van der Waals surface area contributed by atoms with Gasteiger partial charge < -0.3 is 14.8 Å². The number of rotatable bonds is 5. The fourth-order valence-corrected chi connectivity index (χ4v) is 2.15. The van der Waals surface area contributed by atoms with Crippen molar-refractivity contribution in [3.8, 4) is 17.6 Å². The van der Waals surface area contributed by atoms with E-state index in [2.05, 4.69) is 11.4 Å². The van der Waals surface area contributed by atoms with Gasteiger partial charge in [0.2, 0.25) is 0 Å². The van der Waals surface area contributed by atoms with Gasteiger partial charge in [-0.3, -0.25) is 0 Å². The summed E-state index contributed by atoms with van der Waals surface area (Å²) in [5.74, 6) is 1.40. The number of nitrogens with one attached hydrogen (secondary N) is 1.